The SMILES string of the molecule is CCOc1ccccc1N(CC(=O)N(CCc1ccccc1)[C@H](C)C(=O)NC1CCCC1)S(=O)(=O)c1ccc(SC)cc1. The van der Waals surface area contributed by atoms with E-state index in [0.717, 1.165) is 40.4 Å². The van der Waals surface area contributed by atoms with E-state index in [1.54, 1.807) is 55.5 Å². The van der Waals surface area contributed by atoms with Crippen LogP contribution in [0.4, 0.5) is 5.69 Å². The highest BCUT2D eigenvalue weighted by Crippen LogP contribution is 2.33. The summed E-state index contributed by atoms with van der Waals surface area (Å²) in [6.45, 7) is 3.61. The van der Waals surface area contributed by atoms with Gasteiger partial charge in [0.05, 0.1) is 17.2 Å². The molecule has 4 rings (SSSR count). The molecule has 0 radical (unpaired) electrons. The molecule has 0 heterocycles. The quantitative estimate of drug-likeness (QED) is 0.238. The second-order valence-corrected chi connectivity index (χ2v) is 13.3. The Morgan fingerprint density at radius 3 is 2.28 bits per heavy atom. The topological polar surface area (TPSA) is 96.0 Å². The fraction of sp³-hybridized carbons (Fsp3) is 0.394. The number of rotatable bonds is 14. The van der Waals surface area contributed by atoms with Crippen molar-refractivity contribution in [1.82, 2.24) is 10.2 Å². The van der Waals surface area contributed by atoms with E-state index in [1.165, 1.54) is 16.7 Å². The van der Waals surface area contributed by atoms with Gasteiger partial charge in [-0.15, -0.1) is 11.8 Å². The van der Waals surface area contributed by atoms with Gasteiger partial charge < -0.3 is 15.0 Å². The Kier molecular flexibility index (Phi) is 11.5. The van der Waals surface area contributed by atoms with E-state index in [2.05, 4.69) is 5.32 Å². The van der Waals surface area contributed by atoms with Crippen LogP contribution in [0, 0.1) is 0 Å². The normalized spacial score (nSPS) is 14.2. The number of anilines is 1. The molecule has 8 nitrogen and oxygen atoms in total. The minimum absolute atomic E-state index is 0.0623. The molecule has 230 valence electrons. The lowest BCUT2D eigenvalue weighted by Crippen LogP contribution is -2.53. The van der Waals surface area contributed by atoms with Crippen LogP contribution in [0.1, 0.15) is 45.1 Å². The third-order valence-corrected chi connectivity index (χ3v) is 10.2. The summed E-state index contributed by atoms with van der Waals surface area (Å²) in [6, 6.07) is 22.4. The number of benzene rings is 3. The smallest absolute Gasteiger partial charge is 0.264 e. The van der Waals surface area contributed by atoms with Gasteiger partial charge in [0.2, 0.25) is 11.8 Å². The molecule has 0 aliphatic heterocycles. The van der Waals surface area contributed by atoms with Gasteiger partial charge >= 0.3 is 0 Å². The summed E-state index contributed by atoms with van der Waals surface area (Å²) in [5, 5.41) is 3.10. The van der Waals surface area contributed by atoms with Crippen LogP contribution in [0.2, 0.25) is 0 Å². The molecule has 0 aromatic heterocycles. The van der Waals surface area contributed by atoms with E-state index < -0.39 is 28.5 Å². The van der Waals surface area contributed by atoms with E-state index in [-0.39, 0.29) is 29.1 Å². The lowest BCUT2D eigenvalue weighted by atomic mass is 10.1. The first-order chi connectivity index (χ1) is 20.7. The minimum Gasteiger partial charge on any atom is -0.492 e. The minimum atomic E-state index is -4.18. The van der Waals surface area contributed by atoms with E-state index in [1.807, 2.05) is 43.5 Å². The number of thioether (sulfide) groups is 1. The van der Waals surface area contributed by atoms with E-state index >= 15 is 0 Å². The molecular formula is C33H41N3O5S2. The van der Waals surface area contributed by atoms with Gasteiger partial charge in [0.1, 0.15) is 18.3 Å². The molecule has 1 aliphatic carbocycles. The van der Waals surface area contributed by atoms with Gasteiger partial charge in [-0.1, -0.05) is 55.3 Å². The molecule has 1 fully saturated rings. The molecule has 2 amide bonds. The van der Waals surface area contributed by atoms with Crippen LogP contribution in [0.3, 0.4) is 0 Å². The third-order valence-electron chi connectivity index (χ3n) is 7.71. The van der Waals surface area contributed by atoms with Crippen LogP contribution < -0.4 is 14.4 Å². The van der Waals surface area contributed by atoms with Crippen molar-refractivity contribution in [3.8, 4) is 5.75 Å². The number of hydrogen-bond acceptors (Lipinski definition) is 6. The maximum atomic E-state index is 14.2. The van der Waals surface area contributed by atoms with Crippen LogP contribution >= 0.6 is 11.8 Å². The fourth-order valence-electron chi connectivity index (χ4n) is 5.29. The van der Waals surface area contributed by atoms with Crippen LogP contribution in [0.25, 0.3) is 0 Å². The molecular weight excluding hydrogens is 583 g/mol. The maximum Gasteiger partial charge on any atom is 0.264 e. The van der Waals surface area contributed by atoms with Crippen molar-refractivity contribution in [1.29, 1.82) is 0 Å². The summed E-state index contributed by atoms with van der Waals surface area (Å²) in [4.78, 5) is 30.0. The molecule has 43 heavy (non-hydrogen) atoms. The number of nitrogens with zero attached hydrogens (tertiary/aromatic N) is 2. The Hall–Kier alpha value is -3.50. The highest BCUT2D eigenvalue weighted by molar-refractivity contribution is 7.98. The van der Waals surface area contributed by atoms with Gasteiger partial charge in [0.25, 0.3) is 10.0 Å². The third kappa shape index (κ3) is 8.32. The summed E-state index contributed by atoms with van der Waals surface area (Å²) in [7, 11) is -4.18. The number of carbonyl (C=O) groups excluding carboxylic acids is 2. The lowest BCUT2D eigenvalue weighted by molar-refractivity contribution is -0.139. The molecule has 3 aromatic rings. The Morgan fingerprint density at radius 1 is 0.977 bits per heavy atom. The van der Waals surface area contributed by atoms with E-state index in [0.29, 0.717) is 18.8 Å². The molecule has 10 heteroatoms. The maximum absolute atomic E-state index is 14.2. The van der Waals surface area contributed by atoms with Crippen molar-refractivity contribution >= 4 is 39.3 Å². The summed E-state index contributed by atoms with van der Waals surface area (Å²) in [5.41, 5.74) is 1.28. The summed E-state index contributed by atoms with van der Waals surface area (Å²) < 4.78 is 35.2. The zero-order valence-electron chi connectivity index (χ0n) is 25.1. The van der Waals surface area contributed by atoms with Crippen molar-refractivity contribution in [2.45, 2.75) is 67.8 Å². The van der Waals surface area contributed by atoms with Crippen LogP contribution in [0.5, 0.6) is 5.75 Å². The zero-order valence-corrected chi connectivity index (χ0v) is 26.7. The molecule has 3 aromatic carbocycles. The number of sulfonamides is 1. The van der Waals surface area contributed by atoms with E-state index in [9.17, 15) is 18.0 Å². The second-order valence-electron chi connectivity index (χ2n) is 10.6. The Bertz CT molecular complexity index is 1460. The predicted octanol–water partition coefficient (Wildman–Crippen LogP) is 5.52. The zero-order chi connectivity index (χ0) is 30.8. The summed E-state index contributed by atoms with van der Waals surface area (Å²) in [6.07, 6.45) is 6.42. The highest BCUT2D eigenvalue weighted by atomic mass is 32.2. The van der Waals surface area contributed by atoms with E-state index in [4.69, 9.17) is 4.74 Å². The average Bonchev–Trinajstić information content (AvgIpc) is 3.54. The molecule has 1 aliphatic rings. The Morgan fingerprint density at radius 2 is 1.63 bits per heavy atom. The summed E-state index contributed by atoms with van der Waals surface area (Å²) in [5.74, 6) is -0.351. The highest BCUT2D eigenvalue weighted by Gasteiger charge is 2.34. The van der Waals surface area contributed by atoms with Gasteiger partial charge in [-0.2, -0.15) is 0 Å². The molecule has 0 spiro atoms. The van der Waals surface area contributed by atoms with Crippen molar-refractivity contribution < 1.29 is 22.7 Å². The molecule has 0 saturated heterocycles. The molecule has 1 N–H and O–H groups in total. The van der Waals surface area contributed by atoms with Gasteiger partial charge in [0.15, 0.2) is 0 Å². The van der Waals surface area contributed by atoms with Crippen LogP contribution in [0.15, 0.2) is 88.7 Å². The number of ether oxygens (including phenoxy) is 1. The van der Waals surface area contributed by atoms with Crippen molar-refractivity contribution in [3.05, 3.63) is 84.4 Å². The standard InChI is InChI=1S/C33H41N3O5S2/c1-4-41-31-17-11-10-16-30(31)36(43(39,40)29-20-18-28(42-3)19-21-29)24-32(37)35(23-22-26-12-6-5-7-13-26)25(2)33(38)34-27-14-8-9-15-27/h5-7,10-13,16-21,25,27H,4,8-9,14-15,22-24H2,1-3H3,(H,34,38)/t25-/m1/s1. The average molecular weight is 624 g/mol. The van der Waals surface area contributed by atoms with Gasteiger partial charge in [-0.3, -0.25) is 13.9 Å². The first-order valence-electron chi connectivity index (χ1n) is 14.8. The summed E-state index contributed by atoms with van der Waals surface area (Å²) >= 11 is 1.51. The lowest BCUT2D eigenvalue weighted by Gasteiger charge is -2.33. The molecule has 0 unspecified atom stereocenters. The van der Waals surface area contributed by atoms with Crippen molar-refractivity contribution in [2.24, 2.45) is 0 Å². The molecule has 1 saturated carbocycles. The Labute approximate surface area is 259 Å². The number of carbonyl (C=O) groups is 2. The molecule has 1 atom stereocenters. The fourth-order valence-corrected chi connectivity index (χ4v) is 7.12. The predicted molar refractivity (Wildman–Crippen MR) is 172 cm³/mol. The monoisotopic (exact) mass is 623 g/mol. The van der Waals surface area contributed by atoms with Crippen molar-refractivity contribution in [3.63, 3.8) is 0 Å². The Balaban J connectivity index is 1.69. The van der Waals surface area contributed by atoms with Crippen LogP contribution in [-0.2, 0) is 26.0 Å². The van der Waals surface area contributed by atoms with Gasteiger partial charge in [-0.05, 0) is 81.3 Å². The first-order valence-corrected chi connectivity index (χ1v) is 17.4. The number of nitrogens with one attached hydrogen (secondary N) is 1. The first kappa shape index (κ1) is 32.4. The second kappa shape index (κ2) is 15.3. The largest absolute Gasteiger partial charge is 0.492 e. The number of amides is 2. The molecule has 0 bridgehead atoms. The van der Waals surface area contributed by atoms with Gasteiger partial charge in [0, 0.05) is 17.5 Å². The van der Waals surface area contributed by atoms with Crippen molar-refractivity contribution in [2.75, 3.05) is 30.3 Å². The van der Waals surface area contributed by atoms with Gasteiger partial charge in [-0.25, -0.2) is 8.42 Å². The van der Waals surface area contributed by atoms with Crippen LogP contribution in [-0.4, -0.2) is 63.2 Å². The number of para-hydroxylation sites is 2. The number of hydrogen-bond donors (Lipinski definition) is 1.